The van der Waals surface area contributed by atoms with E-state index < -0.39 is 0 Å². The molecule has 0 heterocycles. The molecule has 2 aliphatic rings. The van der Waals surface area contributed by atoms with Crippen LogP contribution in [0.2, 0.25) is 0 Å². The number of rotatable bonds is 14. The molecule has 4 unspecified atom stereocenters. The molecular formula is C53H72O4. The van der Waals surface area contributed by atoms with Crippen LogP contribution in [0.25, 0.3) is 0 Å². The third-order valence-corrected chi connectivity index (χ3v) is 15.5. The number of phenolic OH excluding ortho intramolecular Hbond substituents is 4. The Morgan fingerprint density at radius 1 is 0.421 bits per heavy atom. The molecular weight excluding hydrogens is 701 g/mol. The molecule has 4 aromatic rings. The van der Waals surface area contributed by atoms with Crippen LogP contribution in [0.5, 0.6) is 23.0 Å². The fraction of sp³-hybridized carbons (Fsp3) is 0.547. The summed E-state index contributed by atoms with van der Waals surface area (Å²) in [6.07, 6.45) is 14.0. The van der Waals surface area contributed by atoms with Crippen molar-refractivity contribution in [3.63, 3.8) is 0 Å². The fourth-order valence-corrected chi connectivity index (χ4v) is 10.6. The fourth-order valence-electron chi connectivity index (χ4n) is 10.6. The van der Waals surface area contributed by atoms with E-state index in [-0.39, 0.29) is 34.5 Å². The van der Waals surface area contributed by atoms with E-state index in [9.17, 15) is 20.4 Å². The minimum absolute atomic E-state index is 0.164. The maximum Gasteiger partial charge on any atom is 0.119 e. The lowest BCUT2D eigenvalue weighted by Gasteiger charge is -2.45. The topological polar surface area (TPSA) is 80.9 Å². The Labute approximate surface area is 344 Å². The van der Waals surface area contributed by atoms with Crippen molar-refractivity contribution in [2.75, 3.05) is 0 Å². The number of phenols is 4. The SMILES string of the molecule is CCC(C)c1cc(C2(c3ccc(O)c(C(C)CC)c3)CCC(CC3CCC(c4ccc(O)c(C(C)CC)c4)(c4ccc(O)c(C(C)CC)c4)CC3)CC2)ccc1O. The molecule has 0 aliphatic heterocycles. The molecule has 308 valence electrons. The Bertz CT molecular complexity index is 1700. The Kier molecular flexibility index (Phi) is 13.4. The van der Waals surface area contributed by atoms with Gasteiger partial charge in [0, 0.05) is 10.8 Å². The molecule has 4 nitrogen and oxygen atoms in total. The van der Waals surface area contributed by atoms with E-state index in [0.717, 1.165) is 99.3 Å². The van der Waals surface area contributed by atoms with E-state index in [2.05, 4.69) is 104 Å². The van der Waals surface area contributed by atoms with Gasteiger partial charge in [-0.15, -0.1) is 0 Å². The first-order valence-electron chi connectivity index (χ1n) is 22.6. The van der Waals surface area contributed by atoms with Crippen LogP contribution in [0, 0.1) is 11.8 Å². The van der Waals surface area contributed by atoms with Gasteiger partial charge in [-0.1, -0.05) is 104 Å². The molecule has 0 bridgehead atoms. The second-order valence-electron chi connectivity index (χ2n) is 18.6. The molecule has 0 spiro atoms. The van der Waals surface area contributed by atoms with Gasteiger partial charge in [0.1, 0.15) is 23.0 Å². The van der Waals surface area contributed by atoms with Gasteiger partial charge in [-0.3, -0.25) is 0 Å². The van der Waals surface area contributed by atoms with Crippen LogP contribution in [0.4, 0.5) is 0 Å². The molecule has 0 amide bonds. The van der Waals surface area contributed by atoms with E-state index in [4.69, 9.17) is 0 Å². The minimum Gasteiger partial charge on any atom is -0.508 e. The molecule has 2 saturated carbocycles. The highest BCUT2D eigenvalue weighted by molar-refractivity contribution is 5.51. The summed E-state index contributed by atoms with van der Waals surface area (Å²) in [6.45, 7) is 17.6. The monoisotopic (exact) mass is 773 g/mol. The van der Waals surface area contributed by atoms with Crippen molar-refractivity contribution >= 4 is 0 Å². The van der Waals surface area contributed by atoms with E-state index in [1.54, 1.807) is 0 Å². The predicted octanol–water partition coefficient (Wildman–Crippen LogP) is 14.6. The first-order valence-corrected chi connectivity index (χ1v) is 22.6. The molecule has 6 rings (SSSR count). The lowest BCUT2D eigenvalue weighted by Crippen LogP contribution is -2.36. The van der Waals surface area contributed by atoms with Gasteiger partial charge in [0.25, 0.3) is 0 Å². The second-order valence-corrected chi connectivity index (χ2v) is 18.6. The van der Waals surface area contributed by atoms with Crippen molar-refractivity contribution in [2.45, 2.75) is 173 Å². The number of aromatic hydroxyl groups is 4. The highest BCUT2D eigenvalue weighted by Crippen LogP contribution is 2.53. The van der Waals surface area contributed by atoms with Gasteiger partial charge in [0.05, 0.1) is 0 Å². The van der Waals surface area contributed by atoms with Crippen molar-refractivity contribution < 1.29 is 20.4 Å². The summed E-state index contributed by atoms with van der Waals surface area (Å²) in [5, 5.41) is 43.8. The maximum atomic E-state index is 10.9. The summed E-state index contributed by atoms with van der Waals surface area (Å²) in [5.41, 5.74) is 9.03. The van der Waals surface area contributed by atoms with Crippen LogP contribution < -0.4 is 0 Å². The summed E-state index contributed by atoms with van der Waals surface area (Å²) in [5.74, 6) is 3.99. The minimum atomic E-state index is -0.164. The first-order chi connectivity index (χ1) is 27.3. The van der Waals surface area contributed by atoms with Crippen LogP contribution in [-0.4, -0.2) is 20.4 Å². The zero-order chi connectivity index (χ0) is 41.1. The Hall–Kier alpha value is -3.92. The van der Waals surface area contributed by atoms with Crippen LogP contribution in [-0.2, 0) is 10.8 Å². The van der Waals surface area contributed by atoms with Crippen molar-refractivity contribution in [3.8, 4) is 23.0 Å². The van der Waals surface area contributed by atoms with Crippen molar-refractivity contribution in [2.24, 2.45) is 11.8 Å². The zero-order valence-electron chi connectivity index (χ0n) is 36.4. The van der Waals surface area contributed by atoms with E-state index in [0.29, 0.717) is 34.8 Å². The second kappa shape index (κ2) is 17.9. The van der Waals surface area contributed by atoms with Crippen molar-refractivity contribution in [3.05, 3.63) is 117 Å². The molecule has 57 heavy (non-hydrogen) atoms. The Balaban J connectivity index is 1.27. The maximum absolute atomic E-state index is 10.9. The first kappa shape index (κ1) is 42.7. The molecule has 0 saturated heterocycles. The summed E-state index contributed by atoms with van der Waals surface area (Å²) >= 11 is 0. The van der Waals surface area contributed by atoms with Gasteiger partial charge in [-0.05, 0) is 188 Å². The summed E-state index contributed by atoms with van der Waals surface area (Å²) in [4.78, 5) is 0. The van der Waals surface area contributed by atoms with Gasteiger partial charge < -0.3 is 20.4 Å². The van der Waals surface area contributed by atoms with Gasteiger partial charge in [-0.25, -0.2) is 0 Å². The average Bonchev–Trinajstić information content (AvgIpc) is 3.24. The Morgan fingerprint density at radius 2 is 0.649 bits per heavy atom. The van der Waals surface area contributed by atoms with Gasteiger partial charge in [0.2, 0.25) is 0 Å². The molecule has 2 aliphatic carbocycles. The van der Waals surface area contributed by atoms with Gasteiger partial charge in [0.15, 0.2) is 0 Å². The zero-order valence-corrected chi connectivity index (χ0v) is 36.4. The van der Waals surface area contributed by atoms with E-state index >= 15 is 0 Å². The molecule has 2 fully saturated rings. The predicted molar refractivity (Wildman–Crippen MR) is 237 cm³/mol. The van der Waals surface area contributed by atoms with Crippen molar-refractivity contribution in [1.29, 1.82) is 0 Å². The summed E-state index contributed by atoms with van der Waals surface area (Å²) in [6, 6.07) is 25.6. The van der Waals surface area contributed by atoms with Crippen LogP contribution >= 0.6 is 0 Å². The highest BCUT2D eigenvalue weighted by Gasteiger charge is 2.43. The van der Waals surface area contributed by atoms with Crippen LogP contribution in [0.15, 0.2) is 72.8 Å². The number of hydrogen-bond acceptors (Lipinski definition) is 4. The molecule has 0 radical (unpaired) electrons. The number of benzene rings is 4. The molecule has 0 aromatic heterocycles. The van der Waals surface area contributed by atoms with Crippen LogP contribution in [0.1, 0.15) is 207 Å². The molecule has 4 N–H and O–H groups in total. The van der Waals surface area contributed by atoms with E-state index in [1.807, 2.05) is 24.3 Å². The molecule has 4 atom stereocenters. The summed E-state index contributed by atoms with van der Waals surface area (Å²) in [7, 11) is 0. The normalized spacial score (nSPS) is 24.8. The molecule has 4 heteroatoms. The van der Waals surface area contributed by atoms with Gasteiger partial charge >= 0.3 is 0 Å². The van der Waals surface area contributed by atoms with E-state index in [1.165, 1.54) is 28.7 Å². The lowest BCUT2D eigenvalue weighted by atomic mass is 9.59. The Morgan fingerprint density at radius 3 is 0.860 bits per heavy atom. The van der Waals surface area contributed by atoms with Crippen LogP contribution in [0.3, 0.4) is 0 Å². The smallest absolute Gasteiger partial charge is 0.119 e. The standard InChI is InChI=1S/C53H72O4/c1-9-34(5)44-30-40(13-17-48(44)54)52(41-14-18-49(55)45(31-41)35(6)10-2)25-21-38(22-26-52)29-39-23-27-53(28-24-39,42-15-19-50(56)46(32-42)36(7)11-3)43-16-20-51(57)47(33-43)37(8)12-4/h13-20,30-39,54-57H,9-12,21-29H2,1-8H3. The van der Waals surface area contributed by atoms with Gasteiger partial charge in [-0.2, -0.15) is 0 Å². The third-order valence-electron chi connectivity index (χ3n) is 15.5. The third kappa shape index (κ3) is 8.48. The largest absolute Gasteiger partial charge is 0.508 e. The molecule has 4 aromatic carbocycles. The number of hydrogen-bond donors (Lipinski definition) is 4. The summed E-state index contributed by atoms with van der Waals surface area (Å²) < 4.78 is 0. The quantitative estimate of drug-likeness (QED) is 0.103. The van der Waals surface area contributed by atoms with Crippen molar-refractivity contribution in [1.82, 2.24) is 0 Å². The average molecular weight is 773 g/mol. The highest BCUT2D eigenvalue weighted by atomic mass is 16.3. The lowest BCUT2D eigenvalue weighted by molar-refractivity contribution is 0.185.